The molecule has 1 aromatic rings. The zero-order valence-electron chi connectivity index (χ0n) is 21.6. The fourth-order valence-electron chi connectivity index (χ4n) is 7.27. The lowest BCUT2D eigenvalue weighted by molar-refractivity contribution is -0.181. The van der Waals surface area contributed by atoms with Crippen LogP contribution in [0.25, 0.3) is 0 Å². The Balaban J connectivity index is 1.58. The molecule has 0 bridgehead atoms. The highest BCUT2D eigenvalue weighted by Crippen LogP contribution is 2.51. The van der Waals surface area contributed by atoms with Crippen LogP contribution >= 0.6 is 0 Å². The van der Waals surface area contributed by atoms with Crippen LogP contribution < -0.4 is 5.73 Å². The summed E-state index contributed by atoms with van der Waals surface area (Å²) in [6, 6.07) is 0.261. The molecule has 4 aliphatic rings. The first-order valence-corrected chi connectivity index (χ1v) is 12.9. The fraction of sp³-hybridized carbons (Fsp3) is 0.593. The first-order chi connectivity index (χ1) is 17.8. The number of hydrogen-bond acceptors (Lipinski definition) is 9. The molecule has 10 nitrogen and oxygen atoms in total. The minimum atomic E-state index is -2.79. The van der Waals surface area contributed by atoms with Crippen molar-refractivity contribution < 1.29 is 38.6 Å². The number of fused-ring (bicyclic) bond motifs is 3. The van der Waals surface area contributed by atoms with Crippen LogP contribution in [0.15, 0.2) is 6.07 Å². The van der Waals surface area contributed by atoms with Gasteiger partial charge in [-0.3, -0.25) is 33.8 Å². The summed E-state index contributed by atoms with van der Waals surface area (Å²) < 4.78 is 15.8. The van der Waals surface area contributed by atoms with E-state index in [0.717, 1.165) is 19.4 Å². The molecule has 0 radical (unpaired) electrons. The molecule has 7 atom stereocenters. The molecule has 1 heterocycles. The van der Waals surface area contributed by atoms with Crippen molar-refractivity contribution in [1.82, 2.24) is 9.80 Å². The molecule has 1 saturated heterocycles. The second-order valence-corrected chi connectivity index (χ2v) is 11.5. The van der Waals surface area contributed by atoms with Gasteiger partial charge in [0, 0.05) is 29.6 Å². The Morgan fingerprint density at radius 3 is 2.50 bits per heavy atom. The summed E-state index contributed by atoms with van der Waals surface area (Å²) in [6.07, 6.45) is 1.76. The van der Waals surface area contributed by atoms with E-state index in [1.807, 2.05) is 6.92 Å². The third-order valence-electron chi connectivity index (χ3n) is 9.13. The van der Waals surface area contributed by atoms with E-state index in [1.54, 1.807) is 0 Å². The molecule has 2 unspecified atom stereocenters. The molecule has 2 saturated carbocycles. The van der Waals surface area contributed by atoms with Crippen LogP contribution in [0.2, 0.25) is 0 Å². The number of amides is 1. The lowest BCUT2D eigenvalue weighted by Crippen LogP contribution is -2.74. The van der Waals surface area contributed by atoms with Gasteiger partial charge in [-0.1, -0.05) is 0 Å². The number of rotatable bonds is 4. The van der Waals surface area contributed by atoms with Crippen molar-refractivity contribution in [1.29, 1.82) is 0 Å². The Morgan fingerprint density at radius 1 is 1.24 bits per heavy atom. The molecule has 5 rings (SSSR count). The zero-order valence-corrected chi connectivity index (χ0v) is 21.6. The number of carbonyl (C=O) groups is 5. The SMILES string of the molecule is C[C@@H]1CCCN1Cc1cc(O)c2c(c1F)C[C@H]1C[C@H]3[C@H](N(C)C)C(=O)C(C(N)=O)C(=O)[C@@]3(O)C(=O)C1C2=O. The number of halogens is 1. The number of likely N-dealkylation sites (tertiary alicyclic amines) is 1. The van der Waals surface area contributed by atoms with Crippen molar-refractivity contribution in [2.75, 3.05) is 20.6 Å². The minimum absolute atomic E-state index is 0.00113. The van der Waals surface area contributed by atoms with E-state index in [0.29, 0.717) is 0 Å². The number of nitrogens with two attached hydrogens (primary N) is 1. The standard InChI is InChI=1S/C27H32FN3O7/c1-11-5-4-6-31(11)10-13-9-16(32)18-14(20(13)28)7-12-8-15-21(30(2)3)23(34)19(26(29)37)25(36)27(15,38)24(35)17(12)22(18)33/h9,11-12,15,17,19,21,32,38H,4-8,10H2,1-3H3,(H2,29,37)/t11-,12+,15+,17?,19?,21+,27+/m1/s1. The monoisotopic (exact) mass is 529 g/mol. The van der Waals surface area contributed by atoms with Crippen molar-refractivity contribution >= 4 is 29.0 Å². The van der Waals surface area contributed by atoms with E-state index in [-0.39, 0.29) is 42.1 Å². The normalized spacial score (nSPS) is 35.3. The summed E-state index contributed by atoms with van der Waals surface area (Å²) in [5, 5.41) is 22.4. The number of carbonyl (C=O) groups excluding carboxylic acids is 5. The van der Waals surface area contributed by atoms with Gasteiger partial charge in [-0.05, 0) is 65.2 Å². The van der Waals surface area contributed by atoms with E-state index in [1.165, 1.54) is 25.1 Å². The minimum Gasteiger partial charge on any atom is -0.507 e. The molecule has 1 aromatic carbocycles. The van der Waals surface area contributed by atoms with Gasteiger partial charge in [-0.15, -0.1) is 0 Å². The Labute approximate surface area is 218 Å². The van der Waals surface area contributed by atoms with Crippen LogP contribution in [0.4, 0.5) is 4.39 Å². The Kier molecular flexibility index (Phi) is 6.32. The van der Waals surface area contributed by atoms with Gasteiger partial charge in [0.25, 0.3) is 0 Å². The fourth-order valence-corrected chi connectivity index (χ4v) is 7.27. The maximum Gasteiger partial charge on any atom is 0.235 e. The van der Waals surface area contributed by atoms with Crippen LogP contribution in [-0.2, 0) is 32.1 Å². The average molecular weight is 530 g/mol. The Bertz CT molecular complexity index is 1280. The van der Waals surface area contributed by atoms with Crippen molar-refractivity contribution in [2.24, 2.45) is 29.4 Å². The van der Waals surface area contributed by atoms with Gasteiger partial charge in [0.05, 0.1) is 17.5 Å². The third kappa shape index (κ3) is 3.59. The summed E-state index contributed by atoms with van der Waals surface area (Å²) in [5.41, 5.74) is 2.44. The molecule has 1 aliphatic heterocycles. The van der Waals surface area contributed by atoms with E-state index in [2.05, 4.69) is 4.90 Å². The molecule has 0 aromatic heterocycles. The van der Waals surface area contributed by atoms with E-state index < -0.39 is 75.9 Å². The molecule has 4 N–H and O–H groups in total. The predicted molar refractivity (Wildman–Crippen MR) is 130 cm³/mol. The Hall–Kier alpha value is -3.02. The smallest absolute Gasteiger partial charge is 0.235 e. The number of primary amides is 1. The first-order valence-electron chi connectivity index (χ1n) is 12.9. The number of nitrogens with zero attached hydrogens (tertiary/aromatic N) is 2. The lowest BCUT2D eigenvalue weighted by Gasteiger charge is -2.52. The number of ketones is 4. The largest absolute Gasteiger partial charge is 0.507 e. The van der Waals surface area contributed by atoms with E-state index in [4.69, 9.17) is 5.73 Å². The van der Waals surface area contributed by atoms with Crippen molar-refractivity contribution in [3.05, 3.63) is 28.6 Å². The highest BCUT2D eigenvalue weighted by atomic mass is 19.1. The maximum atomic E-state index is 15.8. The second kappa shape index (κ2) is 9.03. The van der Waals surface area contributed by atoms with Crippen LogP contribution in [0.1, 0.15) is 47.7 Å². The van der Waals surface area contributed by atoms with Gasteiger partial charge < -0.3 is 15.9 Å². The van der Waals surface area contributed by atoms with Gasteiger partial charge in [0.2, 0.25) is 5.91 Å². The van der Waals surface area contributed by atoms with E-state index >= 15 is 4.39 Å². The number of phenols is 1. The van der Waals surface area contributed by atoms with Crippen LogP contribution in [-0.4, -0.2) is 87.4 Å². The van der Waals surface area contributed by atoms with Crippen molar-refractivity contribution in [3.63, 3.8) is 0 Å². The molecule has 38 heavy (non-hydrogen) atoms. The van der Waals surface area contributed by atoms with Crippen LogP contribution in [0, 0.1) is 29.5 Å². The number of Topliss-reactive ketones (excluding diaryl/α,β-unsaturated/α-hetero) is 4. The van der Waals surface area contributed by atoms with Gasteiger partial charge in [0.1, 0.15) is 11.6 Å². The number of phenolic OH excluding ortho intramolecular Hbond substituents is 1. The quantitative estimate of drug-likeness (QED) is 0.456. The predicted octanol–water partition coefficient (Wildman–Crippen LogP) is -0.00960. The third-order valence-corrected chi connectivity index (χ3v) is 9.13. The zero-order chi connectivity index (χ0) is 27.8. The first kappa shape index (κ1) is 26.6. The molecule has 204 valence electrons. The summed E-state index contributed by atoms with van der Waals surface area (Å²) >= 11 is 0. The van der Waals surface area contributed by atoms with Crippen molar-refractivity contribution in [3.8, 4) is 5.75 Å². The molecular weight excluding hydrogens is 497 g/mol. The average Bonchev–Trinajstić information content (AvgIpc) is 3.23. The molecule has 3 aliphatic carbocycles. The van der Waals surface area contributed by atoms with Crippen molar-refractivity contribution in [2.45, 2.75) is 56.8 Å². The topological polar surface area (TPSA) is 158 Å². The molecule has 0 spiro atoms. The molecule has 1 amide bonds. The van der Waals surface area contributed by atoms with Gasteiger partial charge in [0.15, 0.2) is 34.7 Å². The second-order valence-electron chi connectivity index (χ2n) is 11.5. The van der Waals surface area contributed by atoms with Crippen LogP contribution in [0.3, 0.4) is 0 Å². The summed E-state index contributed by atoms with van der Waals surface area (Å²) in [4.78, 5) is 69.3. The summed E-state index contributed by atoms with van der Waals surface area (Å²) in [6.45, 7) is 3.09. The highest BCUT2D eigenvalue weighted by molar-refractivity contribution is 6.32. The van der Waals surface area contributed by atoms with Crippen LogP contribution in [0.5, 0.6) is 5.75 Å². The molecule has 11 heteroatoms. The van der Waals surface area contributed by atoms with E-state index in [9.17, 15) is 34.2 Å². The summed E-state index contributed by atoms with van der Waals surface area (Å²) in [7, 11) is 3.02. The lowest BCUT2D eigenvalue weighted by atomic mass is 9.52. The number of likely N-dealkylation sites (N-methyl/N-ethyl adjacent to an activating group) is 1. The number of aliphatic hydroxyl groups is 1. The summed E-state index contributed by atoms with van der Waals surface area (Å²) in [5.74, 6) is -12.2. The number of aromatic hydroxyl groups is 1. The number of hydrogen-bond donors (Lipinski definition) is 3. The molecule has 3 fully saturated rings. The van der Waals surface area contributed by atoms with Gasteiger partial charge in [-0.2, -0.15) is 0 Å². The van der Waals surface area contributed by atoms with Gasteiger partial charge >= 0.3 is 0 Å². The van der Waals surface area contributed by atoms with Gasteiger partial charge in [-0.25, -0.2) is 4.39 Å². The Morgan fingerprint density at radius 2 is 1.92 bits per heavy atom. The maximum absolute atomic E-state index is 15.8. The molecular formula is C27H32FN3O7. The number of benzene rings is 1. The highest BCUT2D eigenvalue weighted by Gasteiger charge is 2.69.